The molecule has 0 aromatic heterocycles. The second-order valence-electron chi connectivity index (χ2n) is 7.08. The number of nitrogens with one attached hydrogen (secondary N) is 2. The number of benzene rings is 1. The molecule has 3 rings (SSSR count). The molecule has 1 aliphatic heterocycles. The first-order valence-corrected chi connectivity index (χ1v) is 9.06. The Morgan fingerprint density at radius 3 is 2.48 bits per heavy atom. The lowest BCUT2D eigenvalue weighted by Gasteiger charge is -2.29. The quantitative estimate of drug-likeness (QED) is 0.819. The minimum Gasteiger partial charge on any atom is -0.462 e. The van der Waals surface area contributed by atoms with Gasteiger partial charge in [0.25, 0.3) is 0 Å². The van der Waals surface area contributed by atoms with E-state index in [1.807, 2.05) is 31.2 Å². The molecule has 2 N–H and O–H groups in total. The molecule has 134 valence electrons. The molecule has 5 heteroatoms. The summed E-state index contributed by atoms with van der Waals surface area (Å²) >= 11 is 0. The highest BCUT2D eigenvalue weighted by atomic mass is 16.5. The lowest BCUT2D eigenvalue weighted by atomic mass is 9.90. The number of hydrogen-bond donors (Lipinski definition) is 2. The van der Waals surface area contributed by atoms with Crippen LogP contribution in [-0.4, -0.2) is 18.6 Å². The van der Waals surface area contributed by atoms with Gasteiger partial charge in [-0.3, -0.25) is 0 Å². The van der Waals surface area contributed by atoms with E-state index in [1.165, 1.54) is 19.3 Å². The van der Waals surface area contributed by atoms with Gasteiger partial charge < -0.3 is 15.4 Å². The van der Waals surface area contributed by atoms with Gasteiger partial charge in [0.05, 0.1) is 18.2 Å². The van der Waals surface area contributed by atoms with Crippen LogP contribution in [0.3, 0.4) is 0 Å². The van der Waals surface area contributed by atoms with Crippen LogP contribution >= 0.6 is 0 Å². The van der Waals surface area contributed by atoms with Gasteiger partial charge >= 0.3 is 12.0 Å². The molecule has 2 aliphatic rings. The fourth-order valence-electron chi connectivity index (χ4n) is 3.60. The molecule has 5 nitrogen and oxygen atoms in total. The summed E-state index contributed by atoms with van der Waals surface area (Å²) in [5, 5.41) is 5.53. The normalized spacial score (nSPS) is 21.5. The predicted octanol–water partition coefficient (Wildman–Crippen LogP) is 3.75. The van der Waals surface area contributed by atoms with E-state index in [2.05, 4.69) is 10.6 Å². The molecular formula is C20H26N2O3. The van der Waals surface area contributed by atoms with Crippen LogP contribution in [0.15, 0.2) is 35.5 Å². The first kappa shape index (κ1) is 17.5. The number of rotatable bonds is 4. The first-order valence-electron chi connectivity index (χ1n) is 9.06. The molecule has 1 saturated carbocycles. The van der Waals surface area contributed by atoms with Crippen molar-refractivity contribution in [2.45, 2.75) is 52.0 Å². The molecule has 1 atom stereocenters. The maximum Gasteiger partial charge on any atom is 0.338 e. The van der Waals surface area contributed by atoms with Crippen molar-refractivity contribution < 1.29 is 14.3 Å². The predicted molar refractivity (Wildman–Crippen MR) is 95.8 cm³/mol. The topological polar surface area (TPSA) is 67.4 Å². The van der Waals surface area contributed by atoms with Crippen molar-refractivity contribution in [3.05, 3.63) is 46.7 Å². The summed E-state index contributed by atoms with van der Waals surface area (Å²) in [4.78, 5) is 24.6. The van der Waals surface area contributed by atoms with Gasteiger partial charge in [-0.1, -0.05) is 49.1 Å². The molecule has 1 fully saturated rings. The van der Waals surface area contributed by atoms with Gasteiger partial charge in [0.2, 0.25) is 0 Å². The highest BCUT2D eigenvalue weighted by Crippen LogP contribution is 2.29. The Bertz CT molecular complexity index is 673. The van der Waals surface area contributed by atoms with E-state index in [9.17, 15) is 9.59 Å². The average Bonchev–Trinajstić information content (AvgIpc) is 2.60. The van der Waals surface area contributed by atoms with E-state index in [1.54, 1.807) is 6.92 Å². The largest absolute Gasteiger partial charge is 0.462 e. The summed E-state index contributed by atoms with van der Waals surface area (Å²) in [6.45, 7) is 4.21. The highest BCUT2D eigenvalue weighted by molar-refractivity contribution is 5.95. The number of amides is 2. The van der Waals surface area contributed by atoms with Crippen LogP contribution in [-0.2, 0) is 9.53 Å². The smallest absolute Gasteiger partial charge is 0.338 e. The third-order valence-corrected chi connectivity index (χ3v) is 5.07. The molecule has 1 aliphatic carbocycles. The maximum atomic E-state index is 12.7. The number of hydrogen-bond acceptors (Lipinski definition) is 3. The first-order chi connectivity index (χ1) is 12.0. The van der Waals surface area contributed by atoms with Gasteiger partial charge in [-0.05, 0) is 38.2 Å². The molecule has 1 aromatic carbocycles. The fourth-order valence-corrected chi connectivity index (χ4v) is 3.60. The maximum absolute atomic E-state index is 12.7. The van der Waals surface area contributed by atoms with Crippen LogP contribution in [0.2, 0.25) is 0 Å². The summed E-state index contributed by atoms with van der Waals surface area (Å²) in [6, 6.07) is 7.05. The zero-order valence-corrected chi connectivity index (χ0v) is 14.9. The molecule has 1 aromatic rings. The SMILES string of the molecule is CC1=C(C(=O)OCC2CCCCC2)[C@@H](c2ccc(C)cc2)NC(=O)N1. The molecule has 25 heavy (non-hydrogen) atoms. The third kappa shape index (κ3) is 4.21. The average molecular weight is 342 g/mol. The Balaban J connectivity index is 1.76. The van der Waals surface area contributed by atoms with Crippen molar-refractivity contribution >= 4 is 12.0 Å². The van der Waals surface area contributed by atoms with E-state index < -0.39 is 6.04 Å². The van der Waals surface area contributed by atoms with Crippen molar-refractivity contribution in [1.82, 2.24) is 10.6 Å². The van der Waals surface area contributed by atoms with Crippen LogP contribution in [0.1, 0.15) is 56.2 Å². The Labute approximate surface area is 148 Å². The van der Waals surface area contributed by atoms with Gasteiger partial charge in [0, 0.05) is 5.70 Å². The van der Waals surface area contributed by atoms with Gasteiger partial charge in [-0.25, -0.2) is 9.59 Å². The van der Waals surface area contributed by atoms with Crippen LogP contribution in [0, 0.1) is 12.8 Å². The van der Waals surface area contributed by atoms with Crippen LogP contribution < -0.4 is 10.6 Å². The van der Waals surface area contributed by atoms with Gasteiger partial charge in [-0.15, -0.1) is 0 Å². The van der Waals surface area contributed by atoms with Gasteiger partial charge in [0.15, 0.2) is 0 Å². The lowest BCUT2D eigenvalue weighted by Crippen LogP contribution is -2.45. The van der Waals surface area contributed by atoms with Crippen molar-refractivity contribution in [3.8, 4) is 0 Å². The number of carbonyl (C=O) groups excluding carboxylic acids is 2. The molecule has 0 radical (unpaired) electrons. The number of allylic oxidation sites excluding steroid dienone is 1. The van der Waals surface area contributed by atoms with Crippen molar-refractivity contribution in [2.75, 3.05) is 6.61 Å². The molecule has 1 heterocycles. The Morgan fingerprint density at radius 1 is 1.12 bits per heavy atom. The van der Waals surface area contributed by atoms with Crippen molar-refractivity contribution in [1.29, 1.82) is 0 Å². The Kier molecular flexibility index (Phi) is 5.41. The van der Waals surface area contributed by atoms with E-state index in [4.69, 9.17) is 4.74 Å². The monoisotopic (exact) mass is 342 g/mol. The molecule has 0 bridgehead atoms. The zero-order valence-electron chi connectivity index (χ0n) is 14.9. The number of ether oxygens (including phenoxy) is 1. The lowest BCUT2D eigenvalue weighted by molar-refractivity contribution is -0.141. The number of esters is 1. The van der Waals surface area contributed by atoms with E-state index >= 15 is 0 Å². The summed E-state index contributed by atoms with van der Waals surface area (Å²) in [6.07, 6.45) is 5.96. The van der Waals surface area contributed by atoms with Crippen LogP contribution in [0.25, 0.3) is 0 Å². The van der Waals surface area contributed by atoms with Gasteiger partial charge in [0.1, 0.15) is 0 Å². The molecule has 2 amide bonds. The van der Waals surface area contributed by atoms with E-state index in [0.717, 1.165) is 24.0 Å². The summed E-state index contributed by atoms with van der Waals surface area (Å²) in [7, 11) is 0. The summed E-state index contributed by atoms with van der Waals surface area (Å²) < 4.78 is 5.61. The van der Waals surface area contributed by atoms with Crippen molar-refractivity contribution in [2.24, 2.45) is 5.92 Å². The van der Waals surface area contributed by atoms with Crippen LogP contribution in [0.4, 0.5) is 4.79 Å². The molecular weight excluding hydrogens is 316 g/mol. The molecule has 0 unspecified atom stereocenters. The second-order valence-corrected chi connectivity index (χ2v) is 7.08. The highest BCUT2D eigenvalue weighted by Gasteiger charge is 2.32. The van der Waals surface area contributed by atoms with Gasteiger partial charge in [-0.2, -0.15) is 0 Å². The Hall–Kier alpha value is -2.30. The zero-order chi connectivity index (χ0) is 17.8. The Morgan fingerprint density at radius 2 is 1.80 bits per heavy atom. The number of urea groups is 1. The molecule has 0 saturated heterocycles. The number of aryl methyl sites for hydroxylation is 1. The van der Waals surface area contributed by atoms with Crippen molar-refractivity contribution in [3.63, 3.8) is 0 Å². The number of carbonyl (C=O) groups is 2. The van der Waals surface area contributed by atoms with E-state index in [-0.39, 0.29) is 12.0 Å². The summed E-state index contributed by atoms with van der Waals surface area (Å²) in [5.41, 5.74) is 3.05. The summed E-state index contributed by atoms with van der Waals surface area (Å²) in [5.74, 6) is 0.115. The molecule has 0 spiro atoms. The van der Waals surface area contributed by atoms with E-state index in [0.29, 0.717) is 23.8 Å². The second kappa shape index (κ2) is 7.72. The minimum absolute atomic E-state index is 0.299. The third-order valence-electron chi connectivity index (χ3n) is 5.07. The standard InChI is InChI=1S/C20H26N2O3/c1-13-8-10-16(11-9-13)18-17(14(2)21-20(24)22-18)19(23)25-12-15-6-4-3-5-7-15/h8-11,15,18H,3-7,12H2,1-2H3,(H2,21,22,24)/t18-/m1/s1. The minimum atomic E-state index is -0.479. The fraction of sp³-hybridized carbons (Fsp3) is 0.500. The van der Waals surface area contributed by atoms with Crippen LogP contribution in [0.5, 0.6) is 0 Å².